The molecule has 0 aliphatic heterocycles. The van der Waals surface area contributed by atoms with Crippen LogP contribution in [0.15, 0.2) is 0 Å². The lowest BCUT2D eigenvalue weighted by Gasteiger charge is -2.26. The molecule has 214 valence electrons. The van der Waals surface area contributed by atoms with Gasteiger partial charge < -0.3 is 41.7 Å². The van der Waals surface area contributed by atoms with Crippen molar-refractivity contribution in [1.29, 1.82) is 5.41 Å². The molecule has 1 atom stereocenters. The summed E-state index contributed by atoms with van der Waals surface area (Å²) in [6, 6.07) is -0.441. The van der Waals surface area contributed by atoms with E-state index in [2.05, 4.69) is 5.32 Å². The summed E-state index contributed by atoms with van der Waals surface area (Å²) in [6.45, 7) is 11.3. The van der Waals surface area contributed by atoms with Crippen molar-refractivity contribution >= 4 is 41.8 Å². The maximum absolute atomic E-state index is 11.1. The second-order valence-corrected chi connectivity index (χ2v) is 6.15. The van der Waals surface area contributed by atoms with Gasteiger partial charge in [-0.15, -0.1) is 0 Å². The molecule has 0 aromatic carbocycles. The molecule has 0 fully saturated rings. The third kappa shape index (κ3) is 112. The monoisotopic (exact) mass is 530 g/mol. The van der Waals surface area contributed by atoms with Gasteiger partial charge in [-0.3, -0.25) is 39.1 Å². The smallest absolute Gasteiger partial charge is 0.320 e. The van der Waals surface area contributed by atoms with E-state index in [1.165, 1.54) is 0 Å². The van der Waals surface area contributed by atoms with Crippen LogP contribution in [0.25, 0.3) is 0 Å². The molecule has 0 aromatic rings. The third-order valence-electron chi connectivity index (χ3n) is 2.51. The molecular formula is C20H42N4O12. The third-order valence-corrected chi connectivity index (χ3v) is 2.51. The van der Waals surface area contributed by atoms with Crippen molar-refractivity contribution in [2.75, 3.05) is 19.6 Å². The van der Waals surface area contributed by atoms with Crippen LogP contribution in [0.3, 0.4) is 0 Å². The maximum Gasteiger partial charge on any atom is 0.320 e. The van der Waals surface area contributed by atoms with Crippen molar-refractivity contribution in [1.82, 2.24) is 10.2 Å². The van der Waals surface area contributed by atoms with Gasteiger partial charge in [0.05, 0.1) is 0 Å². The first-order chi connectivity index (χ1) is 16.2. The summed E-state index contributed by atoms with van der Waals surface area (Å²) >= 11 is 0. The van der Waals surface area contributed by atoms with Crippen LogP contribution in [0.1, 0.15) is 61.3 Å². The van der Waals surface area contributed by atoms with Crippen LogP contribution < -0.4 is 11.1 Å². The quantitative estimate of drug-likeness (QED) is 0.117. The lowest BCUT2D eigenvalue weighted by Crippen LogP contribution is -2.41. The number of nitrogens with one attached hydrogen (secondary N) is 2. The molecule has 0 spiro atoms. The average molecular weight is 531 g/mol. The highest BCUT2D eigenvalue weighted by Gasteiger charge is 2.22. The Bertz CT molecular complexity index is 549. The van der Waals surface area contributed by atoms with E-state index < -0.39 is 41.9 Å². The number of hydrogen-bond donors (Lipinski definition) is 9. The van der Waals surface area contributed by atoms with Crippen LogP contribution in [-0.2, 0) is 28.8 Å². The minimum atomic E-state index is -0.833. The molecule has 0 bridgehead atoms. The molecule has 0 saturated carbocycles. The Hall–Kier alpha value is -3.95. The first kappa shape index (κ1) is 45.5. The molecule has 10 N–H and O–H groups in total. The number of nitrogens with two attached hydrogens (primary N) is 1. The van der Waals surface area contributed by atoms with Gasteiger partial charge in [-0.1, -0.05) is 13.8 Å². The van der Waals surface area contributed by atoms with Gasteiger partial charge in [0.2, 0.25) is 0 Å². The Labute approximate surface area is 210 Å². The van der Waals surface area contributed by atoms with Gasteiger partial charge in [0.1, 0.15) is 6.04 Å². The Balaban J connectivity index is -0.0000000914. The second kappa shape index (κ2) is 33.2. The summed E-state index contributed by atoms with van der Waals surface area (Å²) in [5, 5.41) is 55.8. The first-order valence-corrected chi connectivity index (χ1v) is 10.2. The summed E-state index contributed by atoms with van der Waals surface area (Å²) in [6.07, 6.45) is 1.25. The van der Waals surface area contributed by atoms with Crippen LogP contribution in [0.4, 0.5) is 0 Å². The van der Waals surface area contributed by atoms with Gasteiger partial charge in [-0.2, -0.15) is 0 Å². The SMILES string of the molecule is CC(=O)O.CC(=O)O.CC(=O)O.CC(=O)O.CC(=O)O.CCN(CC)C(CCCNC(=N)N)C(=O)O. The van der Waals surface area contributed by atoms with Crippen LogP contribution in [0.5, 0.6) is 0 Å². The molecule has 36 heavy (non-hydrogen) atoms. The summed E-state index contributed by atoms with van der Waals surface area (Å²) in [7, 11) is 0. The first-order valence-electron chi connectivity index (χ1n) is 10.2. The molecular weight excluding hydrogens is 488 g/mol. The molecule has 0 rings (SSSR count). The summed E-state index contributed by atoms with van der Waals surface area (Å²) < 4.78 is 0. The molecule has 0 aliphatic carbocycles. The Morgan fingerprint density at radius 1 is 0.722 bits per heavy atom. The number of carboxylic acid groups (broad SMARTS) is 6. The molecule has 0 radical (unpaired) electrons. The number of rotatable bonds is 8. The van der Waals surface area contributed by atoms with Crippen LogP contribution >= 0.6 is 0 Å². The molecule has 1 unspecified atom stereocenters. The lowest BCUT2D eigenvalue weighted by atomic mass is 10.1. The van der Waals surface area contributed by atoms with Crippen molar-refractivity contribution in [2.24, 2.45) is 5.73 Å². The average Bonchev–Trinajstić information content (AvgIpc) is 2.61. The second-order valence-electron chi connectivity index (χ2n) is 6.15. The van der Waals surface area contributed by atoms with Crippen molar-refractivity contribution in [3.8, 4) is 0 Å². The van der Waals surface area contributed by atoms with Gasteiger partial charge in [0, 0.05) is 41.2 Å². The number of guanidine groups is 1. The maximum atomic E-state index is 11.1. The van der Waals surface area contributed by atoms with Gasteiger partial charge >= 0.3 is 5.97 Å². The number of hydrogen-bond acceptors (Lipinski definition) is 8. The van der Waals surface area contributed by atoms with Crippen molar-refractivity contribution in [3.05, 3.63) is 0 Å². The zero-order chi connectivity index (χ0) is 30.4. The zero-order valence-electron chi connectivity index (χ0n) is 21.8. The molecule has 16 heteroatoms. The van der Waals surface area contributed by atoms with Gasteiger partial charge in [-0.05, 0) is 25.9 Å². The summed E-state index contributed by atoms with van der Waals surface area (Å²) in [5.74, 6) is -5.03. The predicted octanol–water partition coefficient (Wildman–Crippen LogP) is 0.499. The van der Waals surface area contributed by atoms with E-state index in [1.807, 2.05) is 18.7 Å². The predicted molar refractivity (Wildman–Crippen MR) is 130 cm³/mol. The van der Waals surface area contributed by atoms with Gasteiger partial charge in [-0.25, -0.2) is 0 Å². The number of carboxylic acids is 6. The molecule has 0 heterocycles. The van der Waals surface area contributed by atoms with Crippen molar-refractivity contribution < 1.29 is 59.4 Å². The van der Waals surface area contributed by atoms with Crippen molar-refractivity contribution in [2.45, 2.75) is 67.3 Å². The van der Waals surface area contributed by atoms with E-state index in [1.54, 1.807) is 0 Å². The van der Waals surface area contributed by atoms with Gasteiger partial charge in [0.15, 0.2) is 5.96 Å². The molecule has 16 nitrogen and oxygen atoms in total. The fraction of sp³-hybridized carbons (Fsp3) is 0.650. The van der Waals surface area contributed by atoms with Crippen LogP contribution in [-0.4, -0.2) is 103 Å². The molecule has 0 amide bonds. The standard InChI is InChI=1S/C10H22N4O2.5C2H4O2/c1-3-14(4-2)8(9(15)16)6-5-7-13-10(11)12;5*1-2(3)4/h8H,3-7H2,1-2H3,(H,15,16)(H4,11,12,13);5*1H3,(H,3,4). The molecule has 0 aromatic heterocycles. The molecule has 0 aliphatic rings. The minimum Gasteiger partial charge on any atom is -0.481 e. The van der Waals surface area contributed by atoms with E-state index in [4.69, 9.17) is 65.8 Å². The summed E-state index contributed by atoms with van der Waals surface area (Å²) in [5.41, 5.74) is 5.13. The fourth-order valence-electron chi connectivity index (χ4n) is 1.65. The van der Waals surface area contributed by atoms with E-state index in [9.17, 15) is 4.79 Å². The highest BCUT2D eigenvalue weighted by molar-refractivity contribution is 5.74. The highest BCUT2D eigenvalue weighted by atomic mass is 16.4. The van der Waals surface area contributed by atoms with Crippen molar-refractivity contribution in [3.63, 3.8) is 0 Å². The minimum absolute atomic E-state index is 0.0743. The highest BCUT2D eigenvalue weighted by Crippen LogP contribution is 2.06. The molecule has 0 saturated heterocycles. The van der Waals surface area contributed by atoms with E-state index in [-0.39, 0.29) is 5.96 Å². The largest absolute Gasteiger partial charge is 0.481 e. The Kier molecular flexibility index (Phi) is 42.0. The summed E-state index contributed by atoms with van der Waals surface area (Å²) in [4.78, 5) is 58.0. The van der Waals surface area contributed by atoms with E-state index in [0.717, 1.165) is 47.7 Å². The normalized spacial score (nSPS) is 9.00. The van der Waals surface area contributed by atoms with Gasteiger partial charge in [0.25, 0.3) is 29.8 Å². The zero-order valence-corrected chi connectivity index (χ0v) is 21.8. The topological polar surface area (TPSA) is 289 Å². The van der Waals surface area contributed by atoms with E-state index >= 15 is 0 Å². The van der Waals surface area contributed by atoms with Crippen LogP contribution in [0, 0.1) is 5.41 Å². The number of likely N-dealkylation sites (N-methyl/N-ethyl adjacent to an activating group) is 1. The van der Waals surface area contributed by atoms with Crippen LogP contribution in [0.2, 0.25) is 0 Å². The number of aliphatic carboxylic acids is 6. The van der Waals surface area contributed by atoms with E-state index in [0.29, 0.717) is 19.4 Å². The Morgan fingerprint density at radius 2 is 0.972 bits per heavy atom. The lowest BCUT2D eigenvalue weighted by molar-refractivity contribution is -0.143. The number of nitrogens with zero attached hydrogens (tertiary/aromatic N) is 1. The number of carbonyl (C=O) groups is 6. The fourth-order valence-corrected chi connectivity index (χ4v) is 1.65. The Morgan fingerprint density at radius 3 is 1.14 bits per heavy atom.